The molecule has 1 saturated carbocycles. The monoisotopic (exact) mass is 348 g/mol. The van der Waals surface area contributed by atoms with E-state index in [2.05, 4.69) is 10.6 Å². The highest BCUT2D eigenvalue weighted by molar-refractivity contribution is 5.94. The van der Waals surface area contributed by atoms with Crippen molar-refractivity contribution in [3.05, 3.63) is 24.3 Å². The number of benzene rings is 1. The largest absolute Gasteiger partial charge is 0.482 e. The number of amides is 2. The minimum atomic E-state index is -1.07. The van der Waals surface area contributed by atoms with Gasteiger partial charge >= 0.3 is 5.97 Å². The lowest BCUT2D eigenvalue weighted by molar-refractivity contribution is -0.139. The molecule has 7 heteroatoms. The van der Waals surface area contributed by atoms with Gasteiger partial charge < -0.3 is 20.5 Å². The van der Waals surface area contributed by atoms with Gasteiger partial charge in [0.1, 0.15) is 5.75 Å². The molecule has 1 aliphatic rings. The molecule has 0 saturated heterocycles. The molecule has 0 bridgehead atoms. The molecule has 0 aliphatic heterocycles. The molecular formula is C18H24N2O5. The van der Waals surface area contributed by atoms with E-state index in [4.69, 9.17) is 9.84 Å². The lowest BCUT2D eigenvalue weighted by Crippen LogP contribution is -2.32. The van der Waals surface area contributed by atoms with Gasteiger partial charge in [-0.3, -0.25) is 9.59 Å². The fourth-order valence-electron chi connectivity index (χ4n) is 2.92. The summed E-state index contributed by atoms with van der Waals surface area (Å²) < 4.78 is 5.05. The van der Waals surface area contributed by atoms with Gasteiger partial charge in [-0.25, -0.2) is 4.79 Å². The summed E-state index contributed by atoms with van der Waals surface area (Å²) >= 11 is 0. The number of carbonyl (C=O) groups is 3. The quantitative estimate of drug-likeness (QED) is 0.634. The number of rotatable bonds is 9. The third kappa shape index (κ3) is 7.24. The molecule has 1 aromatic rings. The molecule has 25 heavy (non-hydrogen) atoms. The van der Waals surface area contributed by atoms with E-state index in [1.807, 2.05) is 0 Å². The first kappa shape index (κ1) is 18.8. The summed E-state index contributed by atoms with van der Waals surface area (Å²) in [6.45, 7) is -0.543. The Morgan fingerprint density at radius 2 is 1.92 bits per heavy atom. The average molecular weight is 348 g/mol. The van der Waals surface area contributed by atoms with Crippen molar-refractivity contribution in [1.29, 1.82) is 0 Å². The molecule has 3 N–H and O–H groups in total. The Balaban J connectivity index is 1.69. The zero-order chi connectivity index (χ0) is 18.1. The molecule has 0 radical (unpaired) electrons. The number of nitrogens with one attached hydrogen (secondary N) is 2. The van der Waals surface area contributed by atoms with Crippen LogP contribution >= 0.6 is 0 Å². The van der Waals surface area contributed by atoms with E-state index in [1.54, 1.807) is 18.2 Å². The minimum Gasteiger partial charge on any atom is -0.482 e. The maximum Gasteiger partial charge on any atom is 0.341 e. The van der Waals surface area contributed by atoms with E-state index in [1.165, 1.54) is 31.7 Å². The van der Waals surface area contributed by atoms with Crippen molar-refractivity contribution in [3.8, 4) is 5.75 Å². The maximum atomic E-state index is 11.9. The fourth-order valence-corrected chi connectivity index (χ4v) is 2.92. The number of carbonyl (C=O) groups excluding carboxylic acids is 2. The Morgan fingerprint density at radius 3 is 2.64 bits per heavy atom. The van der Waals surface area contributed by atoms with E-state index in [0.29, 0.717) is 23.8 Å². The predicted octanol–water partition coefficient (Wildman–Crippen LogP) is 2.18. The Morgan fingerprint density at radius 1 is 1.16 bits per heavy atom. The van der Waals surface area contributed by atoms with Gasteiger partial charge in [0, 0.05) is 18.2 Å². The molecule has 0 aromatic heterocycles. The molecule has 1 aliphatic carbocycles. The lowest BCUT2D eigenvalue weighted by Gasteiger charge is -2.10. The van der Waals surface area contributed by atoms with Crippen LogP contribution in [0, 0.1) is 5.92 Å². The molecule has 0 unspecified atom stereocenters. The van der Waals surface area contributed by atoms with Gasteiger partial charge in [-0.15, -0.1) is 0 Å². The van der Waals surface area contributed by atoms with Crippen LogP contribution in [-0.4, -0.2) is 36.0 Å². The van der Waals surface area contributed by atoms with E-state index in [9.17, 15) is 14.4 Å². The molecule has 2 rings (SSSR count). The molecule has 0 spiro atoms. The van der Waals surface area contributed by atoms with E-state index >= 15 is 0 Å². The van der Waals surface area contributed by atoms with Crippen LogP contribution in [0.3, 0.4) is 0 Å². The first-order valence-electron chi connectivity index (χ1n) is 8.54. The molecule has 136 valence electrons. The van der Waals surface area contributed by atoms with Crippen LogP contribution in [0.5, 0.6) is 5.75 Å². The van der Waals surface area contributed by atoms with Gasteiger partial charge in [0.05, 0.1) is 6.54 Å². The molecule has 7 nitrogen and oxygen atoms in total. The Kier molecular flexibility index (Phi) is 7.25. The number of carboxylic acids is 1. The van der Waals surface area contributed by atoms with Crippen LogP contribution in [0.2, 0.25) is 0 Å². The Labute approximate surface area is 146 Å². The number of hydrogen-bond donors (Lipinski definition) is 3. The van der Waals surface area contributed by atoms with Gasteiger partial charge in [0.15, 0.2) is 6.61 Å². The summed E-state index contributed by atoms with van der Waals surface area (Å²) in [6.07, 6.45) is 6.25. The average Bonchev–Trinajstić information content (AvgIpc) is 3.10. The Hall–Kier alpha value is -2.57. The summed E-state index contributed by atoms with van der Waals surface area (Å²) in [6, 6.07) is 6.44. The number of aliphatic carboxylic acids is 1. The summed E-state index contributed by atoms with van der Waals surface area (Å²) in [4.78, 5) is 34.2. The highest BCUT2D eigenvalue weighted by atomic mass is 16.5. The molecule has 1 fully saturated rings. The highest BCUT2D eigenvalue weighted by Gasteiger charge is 2.16. The topological polar surface area (TPSA) is 105 Å². The summed E-state index contributed by atoms with van der Waals surface area (Å²) in [7, 11) is 0. The second-order valence-electron chi connectivity index (χ2n) is 6.22. The zero-order valence-electron chi connectivity index (χ0n) is 14.1. The molecular weight excluding hydrogens is 324 g/mol. The van der Waals surface area contributed by atoms with Gasteiger partial charge in [-0.2, -0.15) is 0 Å². The normalized spacial score (nSPS) is 14.1. The van der Waals surface area contributed by atoms with Gasteiger partial charge in [0.25, 0.3) is 0 Å². The maximum absolute atomic E-state index is 11.9. The van der Waals surface area contributed by atoms with Crippen LogP contribution in [0.25, 0.3) is 0 Å². The van der Waals surface area contributed by atoms with Crippen LogP contribution in [0.1, 0.15) is 38.5 Å². The predicted molar refractivity (Wildman–Crippen MR) is 92.4 cm³/mol. The summed E-state index contributed by atoms with van der Waals surface area (Å²) in [5, 5.41) is 13.9. The van der Waals surface area contributed by atoms with Crippen LogP contribution in [0.15, 0.2) is 24.3 Å². The molecule has 0 atom stereocenters. The highest BCUT2D eigenvalue weighted by Crippen LogP contribution is 2.28. The van der Waals surface area contributed by atoms with Crippen LogP contribution < -0.4 is 15.4 Å². The van der Waals surface area contributed by atoms with Crippen molar-refractivity contribution < 1.29 is 24.2 Å². The second-order valence-corrected chi connectivity index (χ2v) is 6.22. The zero-order valence-corrected chi connectivity index (χ0v) is 14.1. The third-order valence-corrected chi connectivity index (χ3v) is 4.18. The van der Waals surface area contributed by atoms with E-state index in [-0.39, 0.29) is 18.4 Å². The first-order valence-corrected chi connectivity index (χ1v) is 8.54. The van der Waals surface area contributed by atoms with Crippen molar-refractivity contribution >= 4 is 23.5 Å². The van der Waals surface area contributed by atoms with Gasteiger partial charge in [-0.05, 0) is 24.5 Å². The second kappa shape index (κ2) is 9.66. The fraction of sp³-hybridized carbons (Fsp3) is 0.500. The Bertz CT molecular complexity index is 611. The van der Waals surface area contributed by atoms with Crippen LogP contribution in [-0.2, 0) is 14.4 Å². The van der Waals surface area contributed by atoms with Gasteiger partial charge in [0.2, 0.25) is 11.8 Å². The number of hydrogen-bond acceptors (Lipinski definition) is 4. The minimum absolute atomic E-state index is 0.0935. The van der Waals surface area contributed by atoms with Crippen molar-refractivity contribution in [3.63, 3.8) is 0 Å². The van der Waals surface area contributed by atoms with E-state index in [0.717, 1.165) is 6.42 Å². The van der Waals surface area contributed by atoms with Crippen molar-refractivity contribution in [1.82, 2.24) is 5.32 Å². The van der Waals surface area contributed by atoms with Crippen molar-refractivity contribution in [2.75, 3.05) is 18.5 Å². The molecule has 0 heterocycles. The number of ether oxygens (including phenoxy) is 1. The van der Waals surface area contributed by atoms with Crippen molar-refractivity contribution in [2.45, 2.75) is 38.5 Å². The molecule has 1 aromatic carbocycles. The molecule has 2 amide bonds. The van der Waals surface area contributed by atoms with Gasteiger partial charge in [-0.1, -0.05) is 31.7 Å². The third-order valence-electron chi connectivity index (χ3n) is 4.18. The van der Waals surface area contributed by atoms with E-state index < -0.39 is 12.6 Å². The summed E-state index contributed by atoms with van der Waals surface area (Å²) in [5.41, 5.74) is 0.480. The smallest absolute Gasteiger partial charge is 0.341 e. The summed E-state index contributed by atoms with van der Waals surface area (Å²) in [5.74, 6) is -0.533. The van der Waals surface area contributed by atoms with Crippen LogP contribution in [0.4, 0.5) is 5.69 Å². The SMILES string of the molecule is O=C(O)COc1cccc(NC(=O)CNC(=O)CCC2CCCC2)c1. The first-order chi connectivity index (χ1) is 12.0. The standard InChI is InChI=1S/C18H24N2O5/c21-16(9-8-13-4-1-2-5-13)19-11-17(22)20-14-6-3-7-15(10-14)25-12-18(23)24/h3,6-7,10,13H,1-2,4-5,8-9,11-12H2,(H,19,21)(H,20,22)(H,23,24). The number of anilines is 1. The van der Waals surface area contributed by atoms with Crippen molar-refractivity contribution in [2.24, 2.45) is 5.92 Å². The number of carboxylic acid groups (broad SMARTS) is 1. The lowest BCUT2D eigenvalue weighted by atomic mass is 10.0.